The van der Waals surface area contributed by atoms with Crippen molar-refractivity contribution in [3.8, 4) is 0 Å². The van der Waals surface area contributed by atoms with Crippen LogP contribution in [0.4, 0.5) is 5.69 Å². The van der Waals surface area contributed by atoms with Gasteiger partial charge in [0, 0.05) is 32.4 Å². The highest BCUT2D eigenvalue weighted by atomic mass is 15.1. The average Bonchev–Trinajstić information content (AvgIpc) is 2.86. The van der Waals surface area contributed by atoms with Crippen LogP contribution in [-0.4, -0.2) is 45.2 Å². The van der Waals surface area contributed by atoms with E-state index in [4.69, 9.17) is 0 Å². The SMILES string of the molecule is CCCNCc1ccc(N(C)CC2CCN(C)C2)cc1C. The molecule has 0 bridgehead atoms. The van der Waals surface area contributed by atoms with Crippen LogP contribution >= 0.6 is 0 Å². The van der Waals surface area contributed by atoms with E-state index in [2.05, 4.69) is 61.3 Å². The number of rotatable bonds is 7. The number of hydrogen-bond acceptors (Lipinski definition) is 3. The van der Waals surface area contributed by atoms with Crippen LogP contribution in [0.2, 0.25) is 0 Å². The number of nitrogens with zero attached hydrogens (tertiary/aromatic N) is 2. The van der Waals surface area contributed by atoms with Crippen molar-refractivity contribution < 1.29 is 0 Å². The molecule has 118 valence electrons. The monoisotopic (exact) mass is 289 g/mol. The lowest BCUT2D eigenvalue weighted by Crippen LogP contribution is -2.27. The molecule has 2 rings (SSSR count). The topological polar surface area (TPSA) is 18.5 Å². The lowest BCUT2D eigenvalue weighted by Gasteiger charge is -2.24. The predicted molar refractivity (Wildman–Crippen MR) is 92.1 cm³/mol. The van der Waals surface area contributed by atoms with Gasteiger partial charge in [-0.1, -0.05) is 13.0 Å². The van der Waals surface area contributed by atoms with Crippen LogP contribution in [0.1, 0.15) is 30.9 Å². The Morgan fingerprint density at radius 2 is 2.19 bits per heavy atom. The maximum absolute atomic E-state index is 3.49. The Kier molecular flexibility index (Phi) is 6.07. The van der Waals surface area contributed by atoms with Gasteiger partial charge in [-0.15, -0.1) is 0 Å². The Morgan fingerprint density at radius 3 is 2.81 bits per heavy atom. The molecule has 1 aromatic rings. The Labute approximate surface area is 130 Å². The third-order valence-corrected chi connectivity index (χ3v) is 4.53. The van der Waals surface area contributed by atoms with E-state index in [-0.39, 0.29) is 0 Å². The molecule has 0 aromatic heterocycles. The zero-order chi connectivity index (χ0) is 15.2. The first-order chi connectivity index (χ1) is 10.1. The summed E-state index contributed by atoms with van der Waals surface area (Å²) in [4.78, 5) is 4.85. The minimum Gasteiger partial charge on any atom is -0.374 e. The van der Waals surface area contributed by atoms with Gasteiger partial charge in [0.2, 0.25) is 0 Å². The number of aryl methyl sites for hydroxylation is 1. The van der Waals surface area contributed by atoms with Gasteiger partial charge in [0.15, 0.2) is 0 Å². The van der Waals surface area contributed by atoms with E-state index in [0.29, 0.717) is 0 Å². The van der Waals surface area contributed by atoms with Gasteiger partial charge < -0.3 is 15.1 Å². The number of anilines is 1. The van der Waals surface area contributed by atoms with Crippen molar-refractivity contribution >= 4 is 5.69 Å². The molecule has 1 heterocycles. The van der Waals surface area contributed by atoms with E-state index < -0.39 is 0 Å². The molecule has 21 heavy (non-hydrogen) atoms. The normalized spacial score (nSPS) is 19.1. The predicted octanol–water partition coefficient (Wildman–Crippen LogP) is 2.88. The molecular weight excluding hydrogens is 258 g/mol. The molecule has 1 N–H and O–H groups in total. The fourth-order valence-electron chi connectivity index (χ4n) is 3.18. The molecule has 1 fully saturated rings. The fraction of sp³-hybridized carbons (Fsp3) is 0.667. The highest BCUT2D eigenvalue weighted by Crippen LogP contribution is 2.22. The molecule has 1 atom stereocenters. The summed E-state index contributed by atoms with van der Waals surface area (Å²) in [7, 11) is 4.45. The minimum absolute atomic E-state index is 0.811. The highest BCUT2D eigenvalue weighted by molar-refractivity contribution is 5.50. The van der Waals surface area contributed by atoms with Gasteiger partial charge in [0.1, 0.15) is 0 Å². The highest BCUT2D eigenvalue weighted by Gasteiger charge is 2.20. The van der Waals surface area contributed by atoms with Crippen LogP contribution in [0.15, 0.2) is 18.2 Å². The van der Waals surface area contributed by atoms with Crippen molar-refractivity contribution in [2.45, 2.75) is 33.2 Å². The molecule has 1 aliphatic heterocycles. The third-order valence-electron chi connectivity index (χ3n) is 4.53. The molecule has 1 aliphatic rings. The molecule has 0 amide bonds. The summed E-state index contributed by atoms with van der Waals surface area (Å²) in [6.07, 6.45) is 2.52. The van der Waals surface area contributed by atoms with E-state index in [1.807, 2.05) is 0 Å². The molecule has 3 nitrogen and oxygen atoms in total. The molecule has 1 saturated heterocycles. The molecule has 0 saturated carbocycles. The molecule has 3 heteroatoms. The van der Waals surface area contributed by atoms with E-state index in [1.165, 1.54) is 42.7 Å². The number of likely N-dealkylation sites (tertiary alicyclic amines) is 1. The van der Waals surface area contributed by atoms with Gasteiger partial charge in [-0.25, -0.2) is 0 Å². The van der Waals surface area contributed by atoms with E-state index in [0.717, 1.165) is 25.6 Å². The lowest BCUT2D eigenvalue weighted by molar-refractivity contribution is 0.396. The number of hydrogen-bond donors (Lipinski definition) is 1. The van der Waals surface area contributed by atoms with Gasteiger partial charge >= 0.3 is 0 Å². The number of benzene rings is 1. The summed E-state index contributed by atoms with van der Waals surface area (Å²) in [6.45, 7) is 10.2. The molecule has 1 unspecified atom stereocenters. The van der Waals surface area contributed by atoms with Crippen LogP contribution in [0.3, 0.4) is 0 Å². The molecule has 0 spiro atoms. The quantitative estimate of drug-likeness (QED) is 0.779. The maximum atomic E-state index is 3.49. The van der Waals surface area contributed by atoms with Crippen molar-refractivity contribution in [2.75, 3.05) is 45.2 Å². The second-order valence-corrected chi connectivity index (χ2v) is 6.59. The largest absolute Gasteiger partial charge is 0.374 e. The van der Waals surface area contributed by atoms with Crippen molar-refractivity contribution in [3.63, 3.8) is 0 Å². The van der Waals surface area contributed by atoms with Crippen molar-refractivity contribution in [3.05, 3.63) is 29.3 Å². The average molecular weight is 289 g/mol. The maximum Gasteiger partial charge on any atom is 0.0366 e. The molecule has 0 aliphatic carbocycles. The molecular formula is C18H31N3. The van der Waals surface area contributed by atoms with Crippen molar-refractivity contribution in [2.24, 2.45) is 5.92 Å². The Morgan fingerprint density at radius 1 is 1.38 bits per heavy atom. The first-order valence-electron chi connectivity index (χ1n) is 8.30. The van der Waals surface area contributed by atoms with E-state index >= 15 is 0 Å². The Hall–Kier alpha value is -1.06. The lowest BCUT2D eigenvalue weighted by atomic mass is 10.1. The van der Waals surface area contributed by atoms with Crippen LogP contribution in [0.5, 0.6) is 0 Å². The summed E-state index contributed by atoms with van der Waals surface area (Å²) in [5.41, 5.74) is 4.16. The van der Waals surface area contributed by atoms with Crippen molar-refractivity contribution in [1.29, 1.82) is 0 Å². The van der Waals surface area contributed by atoms with E-state index in [9.17, 15) is 0 Å². The van der Waals surface area contributed by atoms with Crippen LogP contribution in [0, 0.1) is 12.8 Å². The standard InChI is InChI=1S/C18H31N3/c1-5-9-19-12-17-6-7-18(11-15(17)2)21(4)14-16-8-10-20(3)13-16/h6-7,11,16,19H,5,8-10,12-14H2,1-4H3. The zero-order valence-corrected chi connectivity index (χ0v) is 14.2. The summed E-state index contributed by atoms with van der Waals surface area (Å²) in [5.74, 6) is 0.811. The fourth-order valence-corrected chi connectivity index (χ4v) is 3.18. The van der Waals surface area contributed by atoms with Gasteiger partial charge in [-0.2, -0.15) is 0 Å². The van der Waals surface area contributed by atoms with Gasteiger partial charge in [-0.3, -0.25) is 0 Å². The van der Waals surface area contributed by atoms with Crippen LogP contribution < -0.4 is 10.2 Å². The first-order valence-corrected chi connectivity index (χ1v) is 8.30. The Bertz CT molecular complexity index is 444. The molecule has 0 radical (unpaired) electrons. The summed E-state index contributed by atoms with van der Waals surface area (Å²) < 4.78 is 0. The van der Waals surface area contributed by atoms with Crippen LogP contribution in [0.25, 0.3) is 0 Å². The number of nitrogens with one attached hydrogen (secondary N) is 1. The first kappa shape index (κ1) is 16.3. The van der Waals surface area contributed by atoms with E-state index in [1.54, 1.807) is 0 Å². The summed E-state index contributed by atoms with van der Waals surface area (Å²) in [5, 5.41) is 3.49. The second kappa shape index (κ2) is 7.81. The van der Waals surface area contributed by atoms with Gasteiger partial charge in [-0.05, 0) is 69.1 Å². The second-order valence-electron chi connectivity index (χ2n) is 6.59. The summed E-state index contributed by atoms with van der Waals surface area (Å²) >= 11 is 0. The van der Waals surface area contributed by atoms with Crippen molar-refractivity contribution in [1.82, 2.24) is 10.2 Å². The minimum atomic E-state index is 0.811. The van der Waals surface area contributed by atoms with Gasteiger partial charge in [0.25, 0.3) is 0 Å². The smallest absolute Gasteiger partial charge is 0.0366 e. The summed E-state index contributed by atoms with van der Waals surface area (Å²) in [6, 6.07) is 6.89. The van der Waals surface area contributed by atoms with Crippen LogP contribution in [-0.2, 0) is 6.54 Å². The third kappa shape index (κ3) is 4.72. The van der Waals surface area contributed by atoms with Gasteiger partial charge in [0.05, 0.1) is 0 Å². The Balaban J connectivity index is 1.92. The molecule has 1 aromatic carbocycles. The zero-order valence-electron chi connectivity index (χ0n) is 14.2.